The molecule has 1 aliphatic heterocycles. The molecule has 0 aromatic rings. The van der Waals surface area contributed by atoms with E-state index in [1.165, 1.54) is 18.1 Å². The minimum atomic E-state index is 0.229. The van der Waals surface area contributed by atoms with Crippen LogP contribution in [0.1, 0.15) is 13.8 Å². The molecule has 1 aliphatic rings. The lowest BCUT2D eigenvalue weighted by Gasteiger charge is -2.35. The van der Waals surface area contributed by atoms with Gasteiger partial charge in [0.15, 0.2) is 0 Å². The van der Waals surface area contributed by atoms with Gasteiger partial charge in [0.1, 0.15) is 0 Å². The van der Waals surface area contributed by atoms with Crippen LogP contribution < -0.4 is 0 Å². The van der Waals surface area contributed by atoms with Gasteiger partial charge in [0.2, 0.25) is 0 Å². The topological polar surface area (TPSA) is 12.5 Å². The third kappa shape index (κ3) is 4.39. The Hall–Kier alpha value is 0.560. The maximum Gasteiger partial charge on any atom is 0.0841 e. The second kappa shape index (κ2) is 6.94. The van der Waals surface area contributed by atoms with Crippen LogP contribution in [0.5, 0.6) is 0 Å². The second-order valence-corrected chi connectivity index (χ2v) is 5.38. The maximum absolute atomic E-state index is 5.82. The van der Waals surface area contributed by atoms with Gasteiger partial charge in [-0.1, -0.05) is 6.92 Å². The molecule has 0 N–H and O–H groups in total. The van der Waals surface area contributed by atoms with Gasteiger partial charge in [0, 0.05) is 31.3 Å². The van der Waals surface area contributed by atoms with Crippen LogP contribution >= 0.6 is 23.4 Å². The molecule has 4 heteroatoms. The molecule has 2 unspecified atom stereocenters. The molecule has 2 atom stereocenters. The predicted octanol–water partition coefficient (Wildman–Crippen LogP) is 2.07. The van der Waals surface area contributed by atoms with Crippen molar-refractivity contribution in [3.63, 3.8) is 0 Å². The molecule has 0 aliphatic carbocycles. The monoisotopic (exact) mass is 237 g/mol. The molecule has 1 rings (SSSR count). The van der Waals surface area contributed by atoms with Gasteiger partial charge in [0.05, 0.1) is 12.2 Å². The molecule has 1 saturated heterocycles. The van der Waals surface area contributed by atoms with Gasteiger partial charge in [-0.05, 0) is 12.7 Å². The molecule has 0 aromatic carbocycles. The van der Waals surface area contributed by atoms with Gasteiger partial charge in [-0.2, -0.15) is 11.8 Å². The average Bonchev–Trinajstić information content (AvgIpc) is 2.17. The van der Waals surface area contributed by atoms with Crippen LogP contribution in [0.4, 0.5) is 0 Å². The van der Waals surface area contributed by atoms with Crippen LogP contribution in [0.15, 0.2) is 0 Å². The number of alkyl halides is 1. The Labute approximate surface area is 96.3 Å². The first-order valence-corrected chi connectivity index (χ1v) is 6.96. The fourth-order valence-electron chi connectivity index (χ4n) is 1.75. The summed E-state index contributed by atoms with van der Waals surface area (Å²) in [6.45, 7) is 7.54. The van der Waals surface area contributed by atoms with Crippen molar-refractivity contribution in [3.8, 4) is 0 Å². The molecule has 0 aromatic heterocycles. The molecule has 2 nitrogen and oxygen atoms in total. The number of rotatable bonds is 5. The summed E-state index contributed by atoms with van der Waals surface area (Å²) in [7, 11) is 0. The van der Waals surface area contributed by atoms with Gasteiger partial charge in [-0.25, -0.2) is 0 Å². The molecule has 0 saturated carbocycles. The lowest BCUT2D eigenvalue weighted by atomic mass is 10.2. The quantitative estimate of drug-likeness (QED) is 0.537. The van der Waals surface area contributed by atoms with Crippen molar-refractivity contribution in [2.75, 3.05) is 37.0 Å². The SMILES string of the molecule is CCSCCN1CC(C)OC(CCl)C1. The minimum Gasteiger partial charge on any atom is -0.371 e. The van der Waals surface area contributed by atoms with Crippen molar-refractivity contribution in [1.29, 1.82) is 0 Å². The van der Waals surface area contributed by atoms with Crippen LogP contribution in [0.3, 0.4) is 0 Å². The van der Waals surface area contributed by atoms with Crippen molar-refractivity contribution >= 4 is 23.4 Å². The number of hydrogen-bond acceptors (Lipinski definition) is 3. The van der Waals surface area contributed by atoms with Gasteiger partial charge < -0.3 is 4.74 Å². The summed E-state index contributed by atoms with van der Waals surface area (Å²) in [6, 6.07) is 0. The molecule has 1 fully saturated rings. The van der Waals surface area contributed by atoms with Gasteiger partial charge in [-0.3, -0.25) is 4.90 Å². The van der Waals surface area contributed by atoms with Crippen molar-refractivity contribution in [1.82, 2.24) is 4.90 Å². The second-order valence-electron chi connectivity index (χ2n) is 3.68. The van der Waals surface area contributed by atoms with E-state index in [4.69, 9.17) is 16.3 Å². The highest BCUT2D eigenvalue weighted by atomic mass is 35.5. The number of ether oxygens (including phenoxy) is 1. The smallest absolute Gasteiger partial charge is 0.0841 e. The Morgan fingerprint density at radius 3 is 2.93 bits per heavy atom. The summed E-state index contributed by atoms with van der Waals surface area (Å²) in [5, 5.41) is 0. The van der Waals surface area contributed by atoms with Gasteiger partial charge in [-0.15, -0.1) is 11.6 Å². The normalized spacial score (nSPS) is 29.4. The largest absolute Gasteiger partial charge is 0.371 e. The molecular weight excluding hydrogens is 218 g/mol. The van der Waals surface area contributed by atoms with Crippen LogP contribution in [0.2, 0.25) is 0 Å². The number of nitrogens with zero attached hydrogens (tertiary/aromatic N) is 1. The minimum absolute atomic E-state index is 0.229. The van der Waals surface area contributed by atoms with Crippen molar-refractivity contribution in [3.05, 3.63) is 0 Å². The van der Waals surface area contributed by atoms with Gasteiger partial charge >= 0.3 is 0 Å². The lowest BCUT2D eigenvalue weighted by molar-refractivity contribution is -0.0644. The fraction of sp³-hybridized carbons (Fsp3) is 1.00. The Morgan fingerprint density at radius 2 is 2.29 bits per heavy atom. The highest BCUT2D eigenvalue weighted by molar-refractivity contribution is 7.99. The lowest BCUT2D eigenvalue weighted by Crippen LogP contribution is -2.47. The number of halogens is 1. The number of morpholine rings is 1. The molecule has 84 valence electrons. The molecule has 0 radical (unpaired) electrons. The van der Waals surface area contributed by atoms with E-state index in [1.54, 1.807) is 0 Å². The first-order chi connectivity index (χ1) is 6.76. The first-order valence-electron chi connectivity index (χ1n) is 5.27. The first kappa shape index (κ1) is 12.6. The van der Waals surface area contributed by atoms with Crippen molar-refractivity contribution < 1.29 is 4.74 Å². The Kier molecular flexibility index (Phi) is 6.26. The summed E-state index contributed by atoms with van der Waals surface area (Å²) < 4.78 is 5.69. The zero-order valence-corrected chi connectivity index (χ0v) is 10.6. The summed E-state index contributed by atoms with van der Waals surface area (Å²) in [6.07, 6.45) is 0.561. The fourth-order valence-corrected chi connectivity index (χ4v) is 2.59. The Bertz CT molecular complexity index is 159. The molecule has 0 amide bonds. The zero-order valence-electron chi connectivity index (χ0n) is 9.04. The van der Waals surface area contributed by atoms with Crippen LogP contribution in [-0.4, -0.2) is 54.1 Å². The van der Waals surface area contributed by atoms with Gasteiger partial charge in [0.25, 0.3) is 0 Å². The third-order valence-electron chi connectivity index (χ3n) is 2.33. The van der Waals surface area contributed by atoms with Crippen molar-refractivity contribution in [2.45, 2.75) is 26.1 Å². The molecule has 14 heavy (non-hydrogen) atoms. The highest BCUT2D eigenvalue weighted by Gasteiger charge is 2.23. The molecule has 0 spiro atoms. The Balaban J connectivity index is 2.23. The molecular formula is C10H20ClNOS. The average molecular weight is 238 g/mol. The van der Waals surface area contributed by atoms with E-state index in [-0.39, 0.29) is 6.10 Å². The summed E-state index contributed by atoms with van der Waals surface area (Å²) in [4.78, 5) is 2.46. The van der Waals surface area contributed by atoms with E-state index in [0.29, 0.717) is 12.0 Å². The van der Waals surface area contributed by atoms with E-state index < -0.39 is 0 Å². The number of hydrogen-bond donors (Lipinski definition) is 0. The van der Waals surface area contributed by atoms with E-state index >= 15 is 0 Å². The summed E-state index contributed by atoms with van der Waals surface area (Å²) >= 11 is 7.81. The maximum atomic E-state index is 5.82. The van der Waals surface area contributed by atoms with Crippen LogP contribution in [0, 0.1) is 0 Å². The van der Waals surface area contributed by atoms with E-state index in [1.807, 2.05) is 11.8 Å². The van der Waals surface area contributed by atoms with Crippen LogP contribution in [0.25, 0.3) is 0 Å². The van der Waals surface area contributed by atoms with Crippen molar-refractivity contribution in [2.24, 2.45) is 0 Å². The van der Waals surface area contributed by atoms with E-state index in [9.17, 15) is 0 Å². The van der Waals surface area contributed by atoms with E-state index in [0.717, 1.165) is 13.1 Å². The molecule has 1 heterocycles. The third-order valence-corrected chi connectivity index (χ3v) is 3.55. The predicted molar refractivity (Wildman–Crippen MR) is 64.5 cm³/mol. The van der Waals surface area contributed by atoms with E-state index in [2.05, 4.69) is 18.7 Å². The van der Waals surface area contributed by atoms with Crippen LogP contribution in [-0.2, 0) is 4.74 Å². The summed E-state index contributed by atoms with van der Waals surface area (Å²) in [5.74, 6) is 3.04. The standard InChI is InChI=1S/C10H20ClNOS/c1-3-14-5-4-12-7-9(2)13-10(6-11)8-12/h9-10H,3-8H2,1-2H3. The molecule has 0 bridgehead atoms. The zero-order chi connectivity index (χ0) is 10.4. The number of thioether (sulfide) groups is 1. The Morgan fingerprint density at radius 1 is 1.50 bits per heavy atom. The summed E-state index contributed by atoms with van der Waals surface area (Å²) in [5.41, 5.74) is 0. The highest BCUT2D eigenvalue weighted by Crippen LogP contribution is 2.12.